The molecule has 0 saturated carbocycles. The highest BCUT2D eigenvalue weighted by atomic mass is 16.4. The van der Waals surface area contributed by atoms with Gasteiger partial charge in [-0.25, -0.2) is 4.79 Å². The molecule has 0 unspecified atom stereocenters. The van der Waals surface area contributed by atoms with Crippen LogP contribution in [-0.2, 0) is 11.2 Å². The molecule has 142 valence electrons. The third kappa shape index (κ3) is 4.67. The van der Waals surface area contributed by atoms with Crippen LogP contribution in [-0.4, -0.2) is 29.6 Å². The number of aryl methyl sites for hydroxylation is 1. The number of carbonyl (C=O) groups excluding carboxylic acids is 1. The number of benzene rings is 2. The topological polar surface area (TPSA) is 78.4 Å². The van der Waals surface area contributed by atoms with Crippen LogP contribution in [0.15, 0.2) is 48.5 Å². The summed E-state index contributed by atoms with van der Waals surface area (Å²) in [6.07, 6.45) is 3.59. The summed E-state index contributed by atoms with van der Waals surface area (Å²) in [4.78, 5) is 24.2. The molecule has 0 saturated heterocycles. The van der Waals surface area contributed by atoms with Crippen molar-refractivity contribution >= 4 is 17.6 Å². The Kier molecular flexibility index (Phi) is 6.12. The van der Waals surface area contributed by atoms with E-state index in [2.05, 4.69) is 17.6 Å². The molecule has 1 heterocycles. The number of anilines is 1. The number of para-hydroxylation sites is 1. The lowest BCUT2D eigenvalue weighted by molar-refractivity contribution is -0.139. The van der Waals surface area contributed by atoms with Gasteiger partial charge in [-0.15, -0.1) is 0 Å². The molecule has 0 aliphatic carbocycles. The summed E-state index contributed by atoms with van der Waals surface area (Å²) in [5.41, 5.74) is 3.84. The predicted octanol–water partition coefficient (Wildman–Crippen LogP) is 3.81. The summed E-state index contributed by atoms with van der Waals surface area (Å²) < 4.78 is 0. The van der Waals surface area contributed by atoms with Gasteiger partial charge in [-0.05, 0) is 48.6 Å². The third-order valence-electron chi connectivity index (χ3n) is 5.10. The van der Waals surface area contributed by atoms with E-state index in [1.165, 1.54) is 5.56 Å². The fourth-order valence-corrected chi connectivity index (χ4v) is 3.52. The van der Waals surface area contributed by atoms with Crippen molar-refractivity contribution in [2.24, 2.45) is 0 Å². The normalized spacial score (nSPS) is 16.3. The third-order valence-corrected chi connectivity index (χ3v) is 5.10. The number of fused-ring (bicyclic) bond motifs is 1. The van der Waals surface area contributed by atoms with Crippen LogP contribution in [0.25, 0.3) is 0 Å². The van der Waals surface area contributed by atoms with Crippen molar-refractivity contribution in [3.8, 4) is 0 Å². The number of carboxylic acid groups (broad SMARTS) is 1. The van der Waals surface area contributed by atoms with E-state index in [0.29, 0.717) is 18.5 Å². The first-order valence-corrected chi connectivity index (χ1v) is 9.54. The van der Waals surface area contributed by atoms with Gasteiger partial charge in [0.05, 0.1) is 0 Å². The average molecular weight is 366 g/mol. The van der Waals surface area contributed by atoms with Gasteiger partial charge in [0.1, 0.15) is 6.04 Å². The summed E-state index contributed by atoms with van der Waals surface area (Å²) >= 11 is 0. The molecule has 0 spiro atoms. The number of hydrogen-bond acceptors (Lipinski definition) is 3. The standard InChI is InChI=1S/C22H26N2O3/c1-2-3-6-15-9-11-16(12-10-15)21(25)24-20(22(26)27)13-17-14-23-19-8-5-4-7-18(17)19/h4-5,7-12,17,20,23H,2-3,6,13-14H2,1H3,(H,24,25)(H,26,27)/t17-,20-/m0/s1. The van der Waals surface area contributed by atoms with Crippen LogP contribution in [0.4, 0.5) is 5.69 Å². The first-order valence-electron chi connectivity index (χ1n) is 9.54. The number of aliphatic carboxylic acids is 1. The van der Waals surface area contributed by atoms with E-state index < -0.39 is 12.0 Å². The molecule has 1 aliphatic rings. The van der Waals surface area contributed by atoms with E-state index >= 15 is 0 Å². The molecule has 27 heavy (non-hydrogen) atoms. The largest absolute Gasteiger partial charge is 0.480 e. The first-order chi connectivity index (χ1) is 13.1. The number of rotatable bonds is 8. The van der Waals surface area contributed by atoms with Gasteiger partial charge in [0.25, 0.3) is 5.91 Å². The molecule has 0 fully saturated rings. The van der Waals surface area contributed by atoms with E-state index in [4.69, 9.17) is 0 Å². The molecule has 1 aliphatic heterocycles. The Bertz CT molecular complexity index is 801. The highest BCUT2D eigenvalue weighted by Gasteiger charge is 2.29. The Labute approximate surface area is 159 Å². The monoisotopic (exact) mass is 366 g/mol. The Morgan fingerprint density at radius 2 is 1.93 bits per heavy atom. The Morgan fingerprint density at radius 1 is 1.19 bits per heavy atom. The molecule has 2 aromatic carbocycles. The molecule has 5 nitrogen and oxygen atoms in total. The van der Waals surface area contributed by atoms with E-state index in [0.717, 1.165) is 30.5 Å². The van der Waals surface area contributed by atoms with Crippen molar-refractivity contribution in [1.82, 2.24) is 5.32 Å². The van der Waals surface area contributed by atoms with Gasteiger partial charge in [0, 0.05) is 23.7 Å². The van der Waals surface area contributed by atoms with Gasteiger partial charge in [-0.1, -0.05) is 43.7 Å². The lowest BCUT2D eigenvalue weighted by Crippen LogP contribution is -2.42. The zero-order valence-corrected chi connectivity index (χ0v) is 15.6. The number of amides is 1. The Hall–Kier alpha value is -2.82. The lowest BCUT2D eigenvalue weighted by Gasteiger charge is -2.18. The molecule has 1 amide bonds. The van der Waals surface area contributed by atoms with Gasteiger partial charge >= 0.3 is 5.97 Å². The quantitative estimate of drug-likeness (QED) is 0.664. The van der Waals surface area contributed by atoms with E-state index in [1.807, 2.05) is 36.4 Å². The van der Waals surface area contributed by atoms with Crippen LogP contribution in [0, 0.1) is 0 Å². The summed E-state index contributed by atoms with van der Waals surface area (Å²) in [6, 6.07) is 14.4. The molecule has 2 aromatic rings. The van der Waals surface area contributed by atoms with Crippen molar-refractivity contribution in [2.45, 2.75) is 44.6 Å². The minimum absolute atomic E-state index is 0.0685. The zero-order chi connectivity index (χ0) is 19.2. The maximum atomic E-state index is 12.5. The van der Waals surface area contributed by atoms with Crippen molar-refractivity contribution < 1.29 is 14.7 Å². The summed E-state index contributed by atoms with van der Waals surface area (Å²) in [7, 11) is 0. The maximum Gasteiger partial charge on any atom is 0.326 e. The van der Waals surface area contributed by atoms with Gasteiger partial charge in [-0.3, -0.25) is 4.79 Å². The van der Waals surface area contributed by atoms with Crippen molar-refractivity contribution in [3.63, 3.8) is 0 Å². The zero-order valence-electron chi connectivity index (χ0n) is 15.6. The fraction of sp³-hybridized carbons (Fsp3) is 0.364. The van der Waals surface area contributed by atoms with Gasteiger partial charge in [-0.2, -0.15) is 0 Å². The molecule has 0 bridgehead atoms. The second kappa shape index (κ2) is 8.71. The molecule has 3 rings (SSSR count). The summed E-state index contributed by atoms with van der Waals surface area (Å²) in [6.45, 7) is 2.83. The second-order valence-corrected chi connectivity index (χ2v) is 7.07. The first kappa shape index (κ1) is 19.0. The van der Waals surface area contributed by atoms with Crippen LogP contribution in [0.2, 0.25) is 0 Å². The number of unbranched alkanes of at least 4 members (excludes halogenated alkanes) is 1. The average Bonchev–Trinajstić information content (AvgIpc) is 3.09. The van der Waals surface area contributed by atoms with Gasteiger partial charge < -0.3 is 15.7 Å². The number of hydrogen-bond donors (Lipinski definition) is 3. The minimum Gasteiger partial charge on any atom is -0.480 e. The lowest BCUT2D eigenvalue weighted by atomic mass is 9.93. The van der Waals surface area contributed by atoms with Crippen molar-refractivity contribution in [3.05, 3.63) is 65.2 Å². The molecule has 0 radical (unpaired) electrons. The molecule has 2 atom stereocenters. The van der Waals surface area contributed by atoms with Gasteiger partial charge in [0.2, 0.25) is 0 Å². The predicted molar refractivity (Wildman–Crippen MR) is 106 cm³/mol. The second-order valence-electron chi connectivity index (χ2n) is 7.07. The highest BCUT2D eigenvalue weighted by molar-refractivity contribution is 5.96. The maximum absolute atomic E-state index is 12.5. The molecule has 3 N–H and O–H groups in total. The number of nitrogens with one attached hydrogen (secondary N) is 2. The van der Waals surface area contributed by atoms with Crippen molar-refractivity contribution in [1.29, 1.82) is 0 Å². The summed E-state index contributed by atoms with van der Waals surface area (Å²) in [5.74, 6) is -1.28. The number of carbonyl (C=O) groups is 2. The van der Waals surface area contributed by atoms with Crippen molar-refractivity contribution in [2.75, 3.05) is 11.9 Å². The molecule has 5 heteroatoms. The van der Waals surface area contributed by atoms with Gasteiger partial charge in [0.15, 0.2) is 0 Å². The van der Waals surface area contributed by atoms with E-state index in [9.17, 15) is 14.7 Å². The van der Waals surface area contributed by atoms with E-state index in [1.54, 1.807) is 12.1 Å². The highest BCUT2D eigenvalue weighted by Crippen LogP contribution is 2.34. The van der Waals surface area contributed by atoms with Crippen LogP contribution >= 0.6 is 0 Å². The smallest absolute Gasteiger partial charge is 0.326 e. The SMILES string of the molecule is CCCCc1ccc(C(=O)N[C@@H](C[C@H]2CNc3ccccc32)C(=O)O)cc1. The van der Waals surface area contributed by atoms with Crippen LogP contribution in [0.5, 0.6) is 0 Å². The summed E-state index contributed by atoms with van der Waals surface area (Å²) in [5, 5.41) is 15.6. The van der Waals surface area contributed by atoms with Crippen LogP contribution < -0.4 is 10.6 Å². The molecular weight excluding hydrogens is 340 g/mol. The number of carboxylic acids is 1. The fourth-order valence-electron chi connectivity index (χ4n) is 3.52. The van der Waals surface area contributed by atoms with Crippen LogP contribution in [0.1, 0.15) is 53.6 Å². The minimum atomic E-state index is -1.01. The molecular formula is C22H26N2O3. The van der Waals surface area contributed by atoms with E-state index in [-0.39, 0.29) is 11.8 Å². The molecule has 0 aromatic heterocycles. The van der Waals surface area contributed by atoms with Crippen LogP contribution in [0.3, 0.4) is 0 Å². The Morgan fingerprint density at radius 3 is 2.63 bits per heavy atom. The Balaban J connectivity index is 1.64.